The van der Waals surface area contributed by atoms with Crippen molar-refractivity contribution in [2.24, 2.45) is 0 Å². The number of benzene rings is 1. The summed E-state index contributed by atoms with van der Waals surface area (Å²) in [5.41, 5.74) is -1.69. The average Bonchev–Trinajstić information content (AvgIpc) is 2.34. The zero-order valence-corrected chi connectivity index (χ0v) is 9.93. The second kappa shape index (κ2) is 4.20. The number of methoxy groups -OCH3 is 1. The zero-order chi connectivity index (χ0) is 13.5. The first-order valence-corrected chi connectivity index (χ1v) is 5.38. The van der Waals surface area contributed by atoms with Crippen LogP contribution in [0.4, 0.5) is 14.5 Å². The number of hydrogen-bond donors (Lipinski definition) is 1. The lowest BCUT2D eigenvalue weighted by atomic mass is 9.83. The SMILES string of the molecule is COc1ccc(N2C(=O)[C@](C)(O)[C@@H]2C(F)F)cc1. The molecule has 2 atom stereocenters. The second-order valence-electron chi connectivity index (χ2n) is 4.30. The van der Waals surface area contributed by atoms with E-state index in [0.717, 1.165) is 11.8 Å². The van der Waals surface area contributed by atoms with Crippen molar-refractivity contribution < 1.29 is 23.4 Å². The van der Waals surface area contributed by atoms with E-state index < -0.39 is 24.0 Å². The standard InChI is InChI=1S/C12H13F2NO3/c1-12(17)9(10(13)14)15(11(12)16)7-3-5-8(18-2)6-4-7/h3-6,9-10,17H,1-2H3/t9-,12+/m0/s1. The average molecular weight is 257 g/mol. The van der Waals surface area contributed by atoms with Gasteiger partial charge in [0.05, 0.1) is 7.11 Å². The number of anilines is 1. The van der Waals surface area contributed by atoms with Crippen LogP contribution in [0.2, 0.25) is 0 Å². The molecule has 1 fully saturated rings. The fraction of sp³-hybridized carbons (Fsp3) is 0.417. The monoisotopic (exact) mass is 257 g/mol. The van der Waals surface area contributed by atoms with Gasteiger partial charge in [-0.1, -0.05) is 0 Å². The zero-order valence-electron chi connectivity index (χ0n) is 9.93. The highest BCUT2D eigenvalue weighted by Crippen LogP contribution is 2.39. The molecule has 1 amide bonds. The fourth-order valence-electron chi connectivity index (χ4n) is 2.06. The number of amides is 1. The molecule has 4 nitrogen and oxygen atoms in total. The summed E-state index contributed by atoms with van der Waals surface area (Å²) in [7, 11) is 1.48. The van der Waals surface area contributed by atoms with Crippen LogP contribution in [0, 0.1) is 0 Å². The van der Waals surface area contributed by atoms with Crippen molar-refractivity contribution in [2.75, 3.05) is 12.0 Å². The lowest BCUT2D eigenvalue weighted by Crippen LogP contribution is -2.75. The van der Waals surface area contributed by atoms with Crippen LogP contribution in [0.25, 0.3) is 0 Å². The number of halogens is 2. The van der Waals surface area contributed by atoms with E-state index in [1.54, 1.807) is 12.1 Å². The fourth-order valence-corrected chi connectivity index (χ4v) is 2.06. The molecule has 0 saturated carbocycles. The van der Waals surface area contributed by atoms with Crippen molar-refractivity contribution in [1.82, 2.24) is 0 Å². The van der Waals surface area contributed by atoms with Gasteiger partial charge < -0.3 is 9.84 Å². The highest BCUT2D eigenvalue weighted by molar-refractivity contribution is 6.07. The third-order valence-corrected chi connectivity index (χ3v) is 3.10. The first kappa shape index (κ1) is 12.8. The molecule has 98 valence electrons. The Balaban J connectivity index is 2.29. The molecule has 2 rings (SSSR count). The Morgan fingerprint density at radius 3 is 2.39 bits per heavy atom. The van der Waals surface area contributed by atoms with Gasteiger partial charge in [0.15, 0.2) is 5.60 Å². The van der Waals surface area contributed by atoms with Crippen LogP contribution < -0.4 is 9.64 Å². The third kappa shape index (κ3) is 1.73. The largest absolute Gasteiger partial charge is 0.497 e. The molecule has 1 aromatic carbocycles. The molecule has 0 aliphatic carbocycles. The van der Waals surface area contributed by atoms with Crippen molar-refractivity contribution in [2.45, 2.75) is 25.0 Å². The molecule has 1 heterocycles. The summed E-state index contributed by atoms with van der Waals surface area (Å²) in [5.74, 6) is -0.162. The maximum atomic E-state index is 12.9. The highest BCUT2D eigenvalue weighted by Gasteiger charge is 2.61. The summed E-state index contributed by atoms with van der Waals surface area (Å²) in [4.78, 5) is 12.6. The van der Waals surface area contributed by atoms with E-state index in [1.807, 2.05) is 0 Å². The third-order valence-electron chi connectivity index (χ3n) is 3.10. The van der Waals surface area contributed by atoms with Crippen LogP contribution in [0.3, 0.4) is 0 Å². The first-order chi connectivity index (χ1) is 8.39. The Kier molecular flexibility index (Phi) is 2.98. The van der Waals surface area contributed by atoms with E-state index in [1.165, 1.54) is 19.2 Å². The van der Waals surface area contributed by atoms with Gasteiger partial charge in [-0.05, 0) is 31.2 Å². The maximum Gasteiger partial charge on any atom is 0.262 e. The number of β-lactam (4-membered cyclic amide) rings is 1. The van der Waals surface area contributed by atoms with E-state index in [9.17, 15) is 18.7 Å². The minimum absolute atomic E-state index is 0.317. The van der Waals surface area contributed by atoms with E-state index in [2.05, 4.69) is 0 Å². The molecule has 1 aliphatic rings. The number of carbonyl (C=O) groups is 1. The van der Waals surface area contributed by atoms with Crippen LogP contribution in [0.1, 0.15) is 6.92 Å². The number of nitrogens with zero attached hydrogens (tertiary/aromatic N) is 1. The highest BCUT2D eigenvalue weighted by atomic mass is 19.3. The Morgan fingerprint density at radius 1 is 1.39 bits per heavy atom. The molecule has 18 heavy (non-hydrogen) atoms. The molecular formula is C12H13F2NO3. The molecule has 0 aromatic heterocycles. The number of carbonyl (C=O) groups excluding carboxylic acids is 1. The van der Waals surface area contributed by atoms with E-state index in [-0.39, 0.29) is 0 Å². The van der Waals surface area contributed by atoms with Gasteiger partial charge in [0.1, 0.15) is 11.8 Å². The predicted octanol–water partition coefficient (Wildman–Crippen LogP) is 1.43. The maximum absolute atomic E-state index is 12.9. The number of aliphatic hydroxyl groups is 1. The number of hydrogen-bond acceptors (Lipinski definition) is 3. The van der Waals surface area contributed by atoms with Gasteiger partial charge in [0.25, 0.3) is 12.3 Å². The van der Waals surface area contributed by atoms with Crippen LogP contribution in [0.5, 0.6) is 5.75 Å². The Bertz CT molecular complexity index is 459. The first-order valence-electron chi connectivity index (χ1n) is 5.38. The topological polar surface area (TPSA) is 49.8 Å². The summed E-state index contributed by atoms with van der Waals surface area (Å²) >= 11 is 0. The van der Waals surface area contributed by atoms with Gasteiger partial charge >= 0.3 is 0 Å². The van der Waals surface area contributed by atoms with Gasteiger partial charge in [-0.15, -0.1) is 0 Å². The van der Waals surface area contributed by atoms with E-state index in [0.29, 0.717) is 11.4 Å². The minimum atomic E-state index is -2.81. The second-order valence-corrected chi connectivity index (χ2v) is 4.30. The minimum Gasteiger partial charge on any atom is -0.497 e. The Hall–Kier alpha value is -1.69. The summed E-state index contributed by atoms with van der Waals surface area (Å²) in [5, 5.41) is 9.65. The van der Waals surface area contributed by atoms with Crippen LogP contribution in [-0.2, 0) is 4.79 Å². The van der Waals surface area contributed by atoms with E-state index in [4.69, 9.17) is 4.74 Å². The van der Waals surface area contributed by atoms with Crippen LogP contribution >= 0.6 is 0 Å². The quantitative estimate of drug-likeness (QED) is 0.833. The summed E-state index contributed by atoms with van der Waals surface area (Å²) in [6.45, 7) is 1.10. The molecule has 1 aromatic rings. The normalized spacial score (nSPS) is 27.3. The molecule has 0 bridgehead atoms. The molecule has 6 heteroatoms. The Morgan fingerprint density at radius 2 is 1.94 bits per heavy atom. The summed E-state index contributed by atoms with van der Waals surface area (Å²) in [6.07, 6.45) is -2.81. The molecule has 0 spiro atoms. The molecular weight excluding hydrogens is 244 g/mol. The summed E-state index contributed by atoms with van der Waals surface area (Å²) < 4.78 is 30.6. The Labute approximate surface area is 103 Å². The van der Waals surface area contributed by atoms with Crippen LogP contribution in [0.15, 0.2) is 24.3 Å². The molecule has 1 aliphatic heterocycles. The van der Waals surface area contributed by atoms with Crippen LogP contribution in [-0.4, -0.2) is 36.2 Å². The number of ether oxygens (including phenoxy) is 1. The smallest absolute Gasteiger partial charge is 0.262 e. The van der Waals surface area contributed by atoms with E-state index >= 15 is 0 Å². The van der Waals surface area contributed by atoms with Gasteiger partial charge in [0.2, 0.25) is 0 Å². The predicted molar refractivity (Wildman–Crippen MR) is 60.9 cm³/mol. The molecule has 1 saturated heterocycles. The van der Waals surface area contributed by atoms with Crippen molar-refractivity contribution in [3.8, 4) is 5.75 Å². The lowest BCUT2D eigenvalue weighted by Gasteiger charge is -2.50. The van der Waals surface area contributed by atoms with Crippen molar-refractivity contribution in [3.63, 3.8) is 0 Å². The lowest BCUT2D eigenvalue weighted by molar-refractivity contribution is -0.159. The van der Waals surface area contributed by atoms with Crippen molar-refractivity contribution >= 4 is 11.6 Å². The number of rotatable bonds is 3. The molecule has 1 N–H and O–H groups in total. The molecule has 0 unspecified atom stereocenters. The van der Waals surface area contributed by atoms with Gasteiger partial charge in [-0.25, -0.2) is 8.78 Å². The van der Waals surface area contributed by atoms with Gasteiger partial charge in [-0.2, -0.15) is 0 Å². The number of alkyl halides is 2. The van der Waals surface area contributed by atoms with Gasteiger partial charge in [0, 0.05) is 5.69 Å². The van der Waals surface area contributed by atoms with Crippen molar-refractivity contribution in [3.05, 3.63) is 24.3 Å². The van der Waals surface area contributed by atoms with Gasteiger partial charge in [-0.3, -0.25) is 9.69 Å². The summed E-state index contributed by atoms with van der Waals surface area (Å²) in [6, 6.07) is 4.62. The molecule has 0 radical (unpaired) electrons. The van der Waals surface area contributed by atoms with Crippen molar-refractivity contribution in [1.29, 1.82) is 0 Å².